The Hall–Kier alpha value is -0.470. The number of aromatic nitrogens is 1. The predicted molar refractivity (Wildman–Crippen MR) is 55.7 cm³/mol. The van der Waals surface area contributed by atoms with Crippen molar-refractivity contribution in [3.63, 3.8) is 0 Å². The van der Waals surface area contributed by atoms with Crippen molar-refractivity contribution >= 4 is 38.4 Å². The summed E-state index contributed by atoms with van der Waals surface area (Å²) in [5, 5.41) is 1.90. The standard InChI is InChI=1S/C9H7BrClN/c1-5-8-6(11)3-2-4-7(8)12-9(5)10/h2-4,12H,1H3. The molecule has 0 radical (unpaired) electrons. The number of aromatic amines is 1. The minimum Gasteiger partial charge on any atom is -0.349 e. The van der Waals surface area contributed by atoms with Crippen LogP contribution in [-0.2, 0) is 0 Å². The minimum atomic E-state index is 0.798. The number of benzene rings is 1. The molecule has 0 saturated carbocycles. The Morgan fingerprint density at radius 1 is 1.42 bits per heavy atom. The summed E-state index contributed by atoms with van der Waals surface area (Å²) in [5.74, 6) is 0. The molecule has 1 aromatic heterocycles. The fraction of sp³-hybridized carbons (Fsp3) is 0.111. The second-order valence-corrected chi connectivity index (χ2v) is 3.93. The summed E-state index contributed by atoms with van der Waals surface area (Å²) in [4.78, 5) is 3.20. The molecule has 3 heteroatoms. The van der Waals surface area contributed by atoms with Gasteiger partial charge in [-0.3, -0.25) is 0 Å². The average molecular weight is 245 g/mol. The lowest BCUT2D eigenvalue weighted by Crippen LogP contribution is -1.70. The van der Waals surface area contributed by atoms with Crippen molar-refractivity contribution in [2.45, 2.75) is 6.92 Å². The third-order valence-electron chi connectivity index (χ3n) is 1.96. The van der Waals surface area contributed by atoms with E-state index >= 15 is 0 Å². The fourth-order valence-electron chi connectivity index (χ4n) is 1.33. The van der Waals surface area contributed by atoms with E-state index in [4.69, 9.17) is 11.6 Å². The smallest absolute Gasteiger partial charge is 0.0861 e. The highest BCUT2D eigenvalue weighted by Crippen LogP contribution is 2.30. The van der Waals surface area contributed by atoms with Crippen molar-refractivity contribution in [3.05, 3.63) is 33.4 Å². The predicted octanol–water partition coefficient (Wildman–Crippen LogP) is 3.89. The average Bonchev–Trinajstić information content (AvgIpc) is 2.29. The SMILES string of the molecule is Cc1c(Br)[nH]c2cccc(Cl)c12. The van der Waals surface area contributed by atoms with Gasteiger partial charge in [0.05, 0.1) is 9.63 Å². The Labute approximate surface area is 83.9 Å². The van der Waals surface area contributed by atoms with Gasteiger partial charge in [0, 0.05) is 10.9 Å². The van der Waals surface area contributed by atoms with Crippen LogP contribution < -0.4 is 0 Å². The third-order valence-corrected chi connectivity index (χ3v) is 3.07. The van der Waals surface area contributed by atoms with E-state index in [1.54, 1.807) is 0 Å². The summed E-state index contributed by atoms with van der Waals surface area (Å²) in [6, 6.07) is 5.85. The summed E-state index contributed by atoms with van der Waals surface area (Å²) in [7, 11) is 0. The molecule has 1 nitrogen and oxygen atoms in total. The Kier molecular flexibility index (Phi) is 1.89. The molecule has 12 heavy (non-hydrogen) atoms. The first-order valence-corrected chi connectivity index (χ1v) is 4.79. The van der Waals surface area contributed by atoms with E-state index in [0.29, 0.717) is 0 Å². The second kappa shape index (κ2) is 2.79. The molecule has 0 aliphatic rings. The number of hydrogen-bond donors (Lipinski definition) is 1. The highest BCUT2D eigenvalue weighted by Gasteiger charge is 2.07. The molecule has 0 fully saturated rings. The summed E-state index contributed by atoms with van der Waals surface area (Å²) in [6.07, 6.45) is 0. The molecule has 0 aliphatic carbocycles. The minimum absolute atomic E-state index is 0.798. The van der Waals surface area contributed by atoms with Crippen molar-refractivity contribution in [1.82, 2.24) is 4.98 Å². The fourth-order valence-corrected chi connectivity index (χ4v) is 2.06. The lowest BCUT2D eigenvalue weighted by Gasteiger charge is -1.93. The lowest BCUT2D eigenvalue weighted by molar-refractivity contribution is 1.36. The number of fused-ring (bicyclic) bond motifs is 1. The first-order valence-electron chi connectivity index (χ1n) is 3.62. The lowest BCUT2D eigenvalue weighted by atomic mass is 10.2. The molecule has 2 rings (SSSR count). The molecule has 0 bridgehead atoms. The van der Waals surface area contributed by atoms with Crippen LogP contribution in [0.2, 0.25) is 5.02 Å². The number of rotatable bonds is 0. The molecule has 1 aromatic carbocycles. The van der Waals surface area contributed by atoms with Gasteiger partial charge in [0.15, 0.2) is 0 Å². The zero-order chi connectivity index (χ0) is 8.72. The van der Waals surface area contributed by atoms with E-state index in [0.717, 1.165) is 26.1 Å². The molecule has 0 spiro atoms. The van der Waals surface area contributed by atoms with Crippen LogP contribution in [0.4, 0.5) is 0 Å². The quantitative estimate of drug-likeness (QED) is 0.724. The van der Waals surface area contributed by atoms with Crippen LogP contribution in [0, 0.1) is 6.92 Å². The Balaban J connectivity index is 2.97. The summed E-state index contributed by atoms with van der Waals surface area (Å²) in [6.45, 7) is 2.04. The highest BCUT2D eigenvalue weighted by molar-refractivity contribution is 9.10. The van der Waals surface area contributed by atoms with Gasteiger partial charge in [-0.1, -0.05) is 17.7 Å². The Bertz CT molecular complexity index is 433. The van der Waals surface area contributed by atoms with Gasteiger partial charge < -0.3 is 4.98 Å². The van der Waals surface area contributed by atoms with Gasteiger partial charge in [0.1, 0.15) is 0 Å². The molecular formula is C9H7BrClN. The van der Waals surface area contributed by atoms with E-state index in [9.17, 15) is 0 Å². The third kappa shape index (κ3) is 1.06. The number of aryl methyl sites for hydroxylation is 1. The van der Waals surface area contributed by atoms with Gasteiger partial charge in [-0.05, 0) is 40.5 Å². The molecule has 1 N–H and O–H groups in total. The molecule has 0 saturated heterocycles. The largest absolute Gasteiger partial charge is 0.349 e. The number of halogens is 2. The van der Waals surface area contributed by atoms with Gasteiger partial charge in [-0.15, -0.1) is 0 Å². The maximum absolute atomic E-state index is 6.03. The van der Waals surface area contributed by atoms with Crippen LogP contribution >= 0.6 is 27.5 Å². The summed E-state index contributed by atoms with van der Waals surface area (Å²) >= 11 is 9.46. The van der Waals surface area contributed by atoms with Crippen LogP contribution in [0.3, 0.4) is 0 Å². The van der Waals surface area contributed by atoms with Gasteiger partial charge >= 0.3 is 0 Å². The zero-order valence-electron chi connectivity index (χ0n) is 6.49. The highest BCUT2D eigenvalue weighted by atomic mass is 79.9. The molecule has 0 amide bonds. The molecule has 62 valence electrons. The van der Waals surface area contributed by atoms with Gasteiger partial charge in [-0.25, -0.2) is 0 Å². The van der Waals surface area contributed by atoms with Crippen LogP contribution in [0.5, 0.6) is 0 Å². The van der Waals surface area contributed by atoms with Crippen molar-refractivity contribution in [1.29, 1.82) is 0 Å². The van der Waals surface area contributed by atoms with Crippen molar-refractivity contribution < 1.29 is 0 Å². The molecule has 1 heterocycles. The van der Waals surface area contributed by atoms with Crippen LogP contribution in [0.1, 0.15) is 5.56 Å². The maximum Gasteiger partial charge on any atom is 0.0861 e. The van der Waals surface area contributed by atoms with Crippen LogP contribution in [0.25, 0.3) is 10.9 Å². The zero-order valence-corrected chi connectivity index (χ0v) is 8.83. The molecular weight excluding hydrogens is 237 g/mol. The molecule has 0 aliphatic heterocycles. The van der Waals surface area contributed by atoms with E-state index in [1.165, 1.54) is 0 Å². The first kappa shape index (κ1) is 8.14. The molecule has 2 aromatic rings. The number of nitrogens with one attached hydrogen (secondary N) is 1. The summed E-state index contributed by atoms with van der Waals surface area (Å²) in [5.41, 5.74) is 2.24. The summed E-state index contributed by atoms with van der Waals surface area (Å²) < 4.78 is 1.01. The second-order valence-electron chi connectivity index (χ2n) is 2.73. The van der Waals surface area contributed by atoms with E-state index in [1.807, 2.05) is 25.1 Å². The topological polar surface area (TPSA) is 15.8 Å². The van der Waals surface area contributed by atoms with Crippen LogP contribution in [0.15, 0.2) is 22.8 Å². The number of H-pyrrole nitrogens is 1. The van der Waals surface area contributed by atoms with Gasteiger partial charge in [-0.2, -0.15) is 0 Å². The van der Waals surface area contributed by atoms with Gasteiger partial charge in [0.25, 0.3) is 0 Å². The molecule has 0 atom stereocenters. The van der Waals surface area contributed by atoms with Gasteiger partial charge in [0.2, 0.25) is 0 Å². The van der Waals surface area contributed by atoms with Crippen molar-refractivity contribution in [2.24, 2.45) is 0 Å². The van der Waals surface area contributed by atoms with Crippen molar-refractivity contribution in [2.75, 3.05) is 0 Å². The van der Waals surface area contributed by atoms with Crippen LogP contribution in [-0.4, -0.2) is 4.98 Å². The molecule has 0 unspecified atom stereocenters. The van der Waals surface area contributed by atoms with Crippen molar-refractivity contribution in [3.8, 4) is 0 Å². The normalized spacial score (nSPS) is 10.9. The van der Waals surface area contributed by atoms with E-state index < -0.39 is 0 Å². The maximum atomic E-state index is 6.03. The van der Waals surface area contributed by atoms with E-state index in [2.05, 4.69) is 20.9 Å². The number of hydrogen-bond acceptors (Lipinski definition) is 0. The Morgan fingerprint density at radius 2 is 2.17 bits per heavy atom. The first-order chi connectivity index (χ1) is 5.70. The monoisotopic (exact) mass is 243 g/mol. The Morgan fingerprint density at radius 3 is 2.83 bits per heavy atom. The van der Waals surface area contributed by atoms with E-state index in [-0.39, 0.29) is 0 Å².